The molecular formula is C18H17ClN4O4S. The molecule has 3 aromatic rings. The van der Waals surface area contributed by atoms with Crippen LogP contribution in [0.3, 0.4) is 0 Å². The second-order valence-corrected chi connectivity index (χ2v) is 8.69. The number of nitrogens with one attached hydrogen (secondary N) is 1. The minimum atomic E-state index is -3.57. The maximum atomic E-state index is 11.8. The Morgan fingerprint density at radius 1 is 1.21 bits per heavy atom. The Kier molecular flexibility index (Phi) is 5.39. The molecule has 10 heteroatoms. The van der Waals surface area contributed by atoms with Crippen molar-refractivity contribution in [2.75, 3.05) is 11.6 Å². The molecule has 8 nitrogen and oxygen atoms in total. The van der Waals surface area contributed by atoms with Gasteiger partial charge in [-0.1, -0.05) is 23.7 Å². The number of nitro groups is 1. The van der Waals surface area contributed by atoms with Crippen molar-refractivity contribution < 1.29 is 13.3 Å². The third kappa shape index (κ3) is 4.15. The normalized spacial score (nSPS) is 12.5. The van der Waals surface area contributed by atoms with Gasteiger partial charge in [-0.25, -0.2) is 13.4 Å². The van der Waals surface area contributed by atoms with Gasteiger partial charge in [0.05, 0.1) is 9.82 Å². The van der Waals surface area contributed by atoms with Gasteiger partial charge in [-0.05, 0) is 29.8 Å². The summed E-state index contributed by atoms with van der Waals surface area (Å²) in [6, 6.07) is 10.3. The number of rotatable bonds is 6. The Bertz CT molecular complexity index is 1130. The van der Waals surface area contributed by atoms with E-state index in [1.165, 1.54) is 12.1 Å². The summed E-state index contributed by atoms with van der Waals surface area (Å²) in [6.07, 6.45) is 4.39. The Labute approximate surface area is 166 Å². The Balaban J connectivity index is 2.10. The Hall–Kier alpha value is -2.91. The van der Waals surface area contributed by atoms with E-state index in [2.05, 4.69) is 10.3 Å². The fraction of sp³-hybridized carbons (Fsp3) is 0.167. The summed E-state index contributed by atoms with van der Waals surface area (Å²) in [5, 5.41) is 15.2. The highest BCUT2D eigenvalue weighted by atomic mass is 35.5. The predicted octanol–water partition coefficient (Wildman–Crippen LogP) is 3.59. The third-order valence-corrected chi connectivity index (χ3v) is 5.58. The quantitative estimate of drug-likeness (QED) is 0.482. The molecule has 0 aliphatic carbocycles. The smallest absolute Gasteiger partial charge is 0.293 e. The molecule has 1 heterocycles. The van der Waals surface area contributed by atoms with Crippen molar-refractivity contribution in [1.29, 1.82) is 0 Å². The molecule has 2 aromatic carbocycles. The summed E-state index contributed by atoms with van der Waals surface area (Å²) in [5.41, 5.74) is 0.636. The highest BCUT2D eigenvalue weighted by Crippen LogP contribution is 2.33. The summed E-state index contributed by atoms with van der Waals surface area (Å²) >= 11 is 5.97. The standard InChI is InChI=1S/C18H17ClN4O4S/c1-22-10-9-20-18(22)17(12-3-5-13(19)6-4-12)21-15-8-7-14(28(2,26)27)11-16(15)23(24)25/h3-11,17,21H,1-2H3/t17-/m1/s1. The maximum absolute atomic E-state index is 11.8. The Morgan fingerprint density at radius 2 is 1.89 bits per heavy atom. The van der Waals surface area contributed by atoms with Crippen LogP contribution in [-0.4, -0.2) is 29.1 Å². The summed E-state index contributed by atoms with van der Waals surface area (Å²) in [7, 11) is -1.76. The molecule has 0 aliphatic heterocycles. The van der Waals surface area contributed by atoms with Crippen LogP contribution in [0.15, 0.2) is 59.8 Å². The number of aryl methyl sites for hydroxylation is 1. The molecule has 1 aromatic heterocycles. The van der Waals surface area contributed by atoms with E-state index in [-0.39, 0.29) is 16.3 Å². The van der Waals surface area contributed by atoms with Crippen molar-refractivity contribution in [3.8, 4) is 0 Å². The van der Waals surface area contributed by atoms with Crippen LogP contribution in [0.25, 0.3) is 0 Å². The Morgan fingerprint density at radius 3 is 2.43 bits per heavy atom. The summed E-state index contributed by atoms with van der Waals surface area (Å²) in [6.45, 7) is 0. The predicted molar refractivity (Wildman–Crippen MR) is 106 cm³/mol. The van der Waals surface area contributed by atoms with Crippen LogP contribution in [0.1, 0.15) is 17.4 Å². The van der Waals surface area contributed by atoms with E-state index in [1.807, 2.05) is 7.05 Å². The van der Waals surface area contributed by atoms with Crippen LogP contribution >= 0.6 is 11.6 Å². The summed E-state index contributed by atoms with van der Waals surface area (Å²) in [5.74, 6) is 0.629. The van der Waals surface area contributed by atoms with Gasteiger partial charge in [0.15, 0.2) is 9.84 Å². The lowest BCUT2D eigenvalue weighted by Gasteiger charge is -2.20. The lowest BCUT2D eigenvalue weighted by Crippen LogP contribution is -2.17. The van der Waals surface area contributed by atoms with Crippen molar-refractivity contribution in [2.24, 2.45) is 7.05 Å². The summed E-state index contributed by atoms with van der Waals surface area (Å²) in [4.78, 5) is 15.2. The molecule has 0 spiro atoms. The van der Waals surface area contributed by atoms with Crippen molar-refractivity contribution in [1.82, 2.24) is 9.55 Å². The number of hydrogen-bond donors (Lipinski definition) is 1. The first-order valence-corrected chi connectivity index (χ1v) is 10.4. The molecule has 0 fully saturated rings. The molecule has 3 rings (SSSR count). The topological polar surface area (TPSA) is 107 Å². The van der Waals surface area contributed by atoms with Gasteiger partial charge >= 0.3 is 0 Å². The number of benzene rings is 2. The van der Waals surface area contributed by atoms with Gasteiger partial charge in [-0.15, -0.1) is 0 Å². The molecule has 0 aliphatic rings. The van der Waals surface area contributed by atoms with Crippen molar-refractivity contribution in [3.63, 3.8) is 0 Å². The highest BCUT2D eigenvalue weighted by molar-refractivity contribution is 7.90. The van der Waals surface area contributed by atoms with Crippen LogP contribution in [-0.2, 0) is 16.9 Å². The van der Waals surface area contributed by atoms with E-state index in [1.54, 1.807) is 41.2 Å². The van der Waals surface area contributed by atoms with Gasteiger partial charge in [-0.3, -0.25) is 10.1 Å². The number of nitrogens with zero attached hydrogens (tertiary/aromatic N) is 3. The van der Waals surface area contributed by atoms with E-state index < -0.39 is 20.8 Å². The number of halogens is 1. The number of hydrogen-bond acceptors (Lipinski definition) is 6. The molecule has 0 bridgehead atoms. The minimum Gasteiger partial charge on any atom is -0.366 e. The first-order valence-electron chi connectivity index (χ1n) is 8.14. The second kappa shape index (κ2) is 7.61. The number of nitro benzene ring substituents is 1. The zero-order valence-electron chi connectivity index (χ0n) is 15.0. The molecule has 0 saturated heterocycles. The molecule has 1 N–H and O–H groups in total. The zero-order valence-corrected chi connectivity index (χ0v) is 16.6. The lowest BCUT2D eigenvalue weighted by molar-refractivity contribution is -0.384. The van der Waals surface area contributed by atoms with E-state index in [0.717, 1.165) is 17.9 Å². The minimum absolute atomic E-state index is 0.121. The van der Waals surface area contributed by atoms with Crippen LogP contribution < -0.4 is 5.32 Å². The molecule has 28 heavy (non-hydrogen) atoms. The van der Waals surface area contributed by atoms with Crippen molar-refractivity contribution in [3.05, 3.63) is 81.4 Å². The van der Waals surface area contributed by atoms with E-state index in [9.17, 15) is 18.5 Å². The molecule has 1 atom stereocenters. The van der Waals surface area contributed by atoms with Crippen LogP contribution in [0.4, 0.5) is 11.4 Å². The number of imidazole rings is 1. The van der Waals surface area contributed by atoms with Gasteiger partial charge in [-0.2, -0.15) is 0 Å². The van der Waals surface area contributed by atoms with Gasteiger partial charge in [0.25, 0.3) is 5.69 Å². The average Bonchev–Trinajstić information content (AvgIpc) is 3.05. The van der Waals surface area contributed by atoms with Crippen molar-refractivity contribution >= 4 is 32.8 Å². The van der Waals surface area contributed by atoms with Gasteiger partial charge < -0.3 is 9.88 Å². The SMILES string of the molecule is Cn1ccnc1[C@H](Nc1ccc(S(C)(=O)=O)cc1[N+](=O)[O-])c1ccc(Cl)cc1. The van der Waals surface area contributed by atoms with Crippen LogP contribution in [0, 0.1) is 10.1 Å². The van der Waals surface area contributed by atoms with Crippen molar-refractivity contribution in [2.45, 2.75) is 10.9 Å². The fourth-order valence-corrected chi connectivity index (χ4v) is 3.55. The molecule has 146 valence electrons. The number of anilines is 1. The van der Waals surface area contributed by atoms with E-state index in [4.69, 9.17) is 11.6 Å². The third-order valence-electron chi connectivity index (χ3n) is 4.21. The molecule has 0 amide bonds. The van der Waals surface area contributed by atoms with Gasteiger partial charge in [0.1, 0.15) is 17.6 Å². The zero-order chi connectivity index (χ0) is 20.5. The monoisotopic (exact) mass is 420 g/mol. The van der Waals surface area contributed by atoms with Crippen LogP contribution in [0.2, 0.25) is 5.02 Å². The molecule has 0 saturated carbocycles. The lowest BCUT2D eigenvalue weighted by atomic mass is 10.1. The maximum Gasteiger partial charge on any atom is 0.293 e. The van der Waals surface area contributed by atoms with Gasteiger partial charge in [0.2, 0.25) is 0 Å². The number of aromatic nitrogens is 2. The largest absolute Gasteiger partial charge is 0.366 e. The fourth-order valence-electron chi connectivity index (χ4n) is 2.78. The molecule has 0 unspecified atom stereocenters. The molecular weight excluding hydrogens is 404 g/mol. The summed E-state index contributed by atoms with van der Waals surface area (Å²) < 4.78 is 25.3. The first-order chi connectivity index (χ1) is 13.2. The first kappa shape index (κ1) is 19.8. The van der Waals surface area contributed by atoms with E-state index in [0.29, 0.717) is 10.8 Å². The van der Waals surface area contributed by atoms with E-state index >= 15 is 0 Å². The average molecular weight is 421 g/mol. The molecule has 0 radical (unpaired) electrons. The van der Waals surface area contributed by atoms with Crippen LogP contribution in [0.5, 0.6) is 0 Å². The highest BCUT2D eigenvalue weighted by Gasteiger charge is 2.24. The second-order valence-electron chi connectivity index (χ2n) is 6.23. The van der Waals surface area contributed by atoms with Gasteiger partial charge in [0, 0.05) is 36.8 Å². The number of sulfone groups is 1.